The number of benzene rings is 3. The largest absolute Gasteiger partial charge is 0.497 e. The average Bonchev–Trinajstić information content (AvgIpc) is 3.44. The van der Waals surface area contributed by atoms with E-state index in [0.717, 1.165) is 44.8 Å². The predicted molar refractivity (Wildman–Crippen MR) is 135 cm³/mol. The Bertz CT molecular complexity index is 1290. The van der Waals surface area contributed by atoms with Crippen LogP contribution in [0.3, 0.4) is 0 Å². The van der Waals surface area contributed by atoms with Crippen LogP contribution >= 0.6 is 23.4 Å². The van der Waals surface area contributed by atoms with Crippen molar-refractivity contribution in [1.29, 1.82) is 0 Å². The standard InChI is InChI=1S/C26H20ClN3O2S/c1-32-20-13-11-18(12-14-20)23-16-22(17-7-3-2-4-8-17)29-30(23)25-24(33-26(31)28-25)15-19-9-5-6-10-21(19)27/h2-15,23H,16H2,1H3/b24-15-/t23-/m1/s1. The van der Waals surface area contributed by atoms with Gasteiger partial charge < -0.3 is 4.74 Å². The second-order valence-electron chi connectivity index (χ2n) is 7.58. The molecule has 0 saturated heterocycles. The molecule has 1 amide bonds. The number of hydrazone groups is 1. The second kappa shape index (κ2) is 9.25. The number of methoxy groups -OCH3 is 1. The molecule has 2 aliphatic rings. The SMILES string of the molecule is COc1ccc([C@H]2CC(c3ccccc3)=NN2C2=NC(=O)S/C2=C\c2ccccc2Cl)cc1. The smallest absolute Gasteiger partial charge is 0.311 e. The first kappa shape index (κ1) is 21.5. The van der Waals surface area contributed by atoms with Gasteiger partial charge in [-0.05, 0) is 52.7 Å². The molecule has 3 aromatic carbocycles. The lowest BCUT2D eigenvalue weighted by molar-refractivity contribution is 0.267. The zero-order valence-electron chi connectivity index (χ0n) is 17.8. The number of hydrogen-bond donors (Lipinski definition) is 0. The highest BCUT2D eigenvalue weighted by Gasteiger charge is 2.36. The van der Waals surface area contributed by atoms with Gasteiger partial charge in [0.15, 0.2) is 5.84 Å². The first-order valence-corrected chi connectivity index (χ1v) is 11.6. The number of carbonyl (C=O) groups is 1. The van der Waals surface area contributed by atoms with Gasteiger partial charge in [-0.2, -0.15) is 10.1 Å². The Kier molecular flexibility index (Phi) is 6.03. The second-order valence-corrected chi connectivity index (χ2v) is 8.98. The van der Waals surface area contributed by atoms with Crippen LogP contribution < -0.4 is 4.74 Å². The van der Waals surface area contributed by atoms with Crippen molar-refractivity contribution in [2.24, 2.45) is 10.1 Å². The van der Waals surface area contributed by atoms with Gasteiger partial charge in [0.25, 0.3) is 0 Å². The van der Waals surface area contributed by atoms with E-state index in [0.29, 0.717) is 17.3 Å². The third kappa shape index (κ3) is 4.45. The highest BCUT2D eigenvalue weighted by atomic mass is 35.5. The number of halogens is 1. The molecule has 0 fully saturated rings. The average molecular weight is 474 g/mol. The highest BCUT2D eigenvalue weighted by Crippen LogP contribution is 2.40. The van der Waals surface area contributed by atoms with Crippen LogP contribution in [0.2, 0.25) is 5.02 Å². The van der Waals surface area contributed by atoms with Crippen molar-refractivity contribution in [3.8, 4) is 5.75 Å². The van der Waals surface area contributed by atoms with Crippen molar-refractivity contribution < 1.29 is 9.53 Å². The Hall–Kier alpha value is -3.35. The van der Waals surface area contributed by atoms with Crippen LogP contribution in [-0.4, -0.2) is 28.9 Å². The molecule has 0 unspecified atom stereocenters. The molecule has 5 rings (SSSR count). The quantitative estimate of drug-likeness (QED) is 0.417. The van der Waals surface area contributed by atoms with Gasteiger partial charge in [-0.15, -0.1) is 0 Å². The van der Waals surface area contributed by atoms with Gasteiger partial charge in [0, 0.05) is 11.4 Å². The highest BCUT2D eigenvalue weighted by molar-refractivity contribution is 8.18. The molecule has 2 heterocycles. The maximum Gasteiger partial charge on any atom is 0.311 e. The van der Waals surface area contributed by atoms with E-state index in [4.69, 9.17) is 21.4 Å². The van der Waals surface area contributed by atoms with Gasteiger partial charge in [0.05, 0.1) is 23.8 Å². The number of hydrogen-bond acceptors (Lipinski definition) is 5. The Labute approximate surface area is 201 Å². The number of rotatable bonds is 4. The lowest BCUT2D eigenvalue weighted by Gasteiger charge is -2.24. The normalized spacial score (nSPS) is 19.1. The fourth-order valence-electron chi connectivity index (χ4n) is 3.89. The van der Waals surface area contributed by atoms with Gasteiger partial charge in [-0.3, -0.25) is 4.79 Å². The Morgan fingerprint density at radius 1 is 1.03 bits per heavy atom. The van der Waals surface area contributed by atoms with Crippen molar-refractivity contribution in [2.45, 2.75) is 12.5 Å². The third-order valence-corrected chi connectivity index (χ3v) is 6.67. The van der Waals surface area contributed by atoms with Crippen LogP contribution in [0, 0.1) is 0 Å². The van der Waals surface area contributed by atoms with Crippen LogP contribution in [0.4, 0.5) is 4.79 Å². The number of amides is 1. The molecule has 0 bridgehead atoms. The van der Waals surface area contributed by atoms with Crippen LogP contribution in [0.15, 0.2) is 93.9 Å². The molecule has 164 valence electrons. The fraction of sp³-hybridized carbons (Fsp3) is 0.115. The first-order valence-electron chi connectivity index (χ1n) is 10.5. The Balaban J connectivity index is 1.57. The summed E-state index contributed by atoms with van der Waals surface area (Å²) in [6.45, 7) is 0. The molecule has 0 spiro atoms. The minimum absolute atomic E-state index is 0.106. The summed E-state index contributed by atoms with van der Waals surface area (Å²) >= 11 is 7.46. The molecule has 3 aromatic rings. The van der Waals surface area contributed by atoms with Crippen molar-refractivity contribution in [3.05, 3.63) is 105 Å². The monoisotopic (exact) mass is 473 g/mol. The molecule has 33 heavy (non-hydrogen) atoms. The molecule has 0 aliphatic carbocycles. The molecule has 0 radical (unpaired) electrons. The zero-order chi connectivity index (χ0) is 22.8. The van der Waals surface area contributed by atoms with E-state index in [1.807, 2.05) is 89.9 Å². The summed E-state index contributed by atoms with van der Waals surface area (Å²) in [5.74, 6) is 1.33. The van der Waals surface area contributed by atoms with E-state index < -0.39 is 0 Å². The van der Waals surface area contributed by atoms with Crippen molar-refractivity contribution in [1.82, 2.24) is 5.01 Å². The topological polar surface area (TPSA) is 54.3 Å². The van der Waals surface area contributed by atoms with Crippen LogP contribution in [0.5, 0.6) is 5.75 Å². The molecule has 2 aliphatic heterocycles. The summed E-state index contributed by atoms with van der Waals surface area (Å²) in [6.07, 6.45) is 2.59. The maximum absolute atomic E-state index is 12.4. The minimum atomic E-state index is -0.264. The van der Waals surface area contributed by atoms with Crippen molar-refractivity contribution in [3.63, 3.8) is 0 Å². The van der Waals surface area contributed by atoms with E-state index in [-0.39, 0.29) is 11.3 Å². The van der Waals surface area contributed by atoms with Gasteiger partial charge in [-0.25, -0.2) is 5.01 Å². The number of ether oxygens (including phenoxy) is 1. The van der Waals surface area contributed by atoms with E-state index in [9.17, 15) is 4.79 Å². The van der Waals surface area contributed by atoms with Crippen LogP contribution in [0.1, 0.15) is 29.2 Å². The van der Waals surface area contributed by atoms with Gasteiger partial charge in [0.2, 0.25) is 0 Å². The summed E-state index contributed by atoms with van der Waals surface area (Å²) in [6, 6.07) is 25.4. The van der Waals surface area contributed by atoms with Crippen molar-refractivity contribution in [2.75, 3.05) is 7.11 Å². The lowest BCUT2D eigenvalue weighted by Crippen LogP contribution is -2.26. The van der Waals surface area contributed by atoms with Gasteiger partial charge >= 0.3 is 5.24 Å². The van der Waals surface area contributed by atoms with E-state index in [1.54, 1.807) is 7.11 Å². The maximum atomic E-state index is 12.4. The summed E-state index contributed by atoms with van der Waals surface area (Å²) in [4.78, 5) is 17.4. The minimum Gasteiger partial charge on any atom is -0.497 e. The summed E-state index contributed by atoms with van der Waals surface area (Å²) in [5, 5.41) is 7.16. The van der Waals surface area contributed by atoms with Crippen molar-refractivity contribution >= 4 is 46.2 Å². The van der Waals surface area contributed by atoms with Gasteiger partial charge in [-0.1, -0.05) is 72.3 Å². The number of amidine groups is 1. The zero-order valence-corrected chi connectivity index (χ0v) is 19.4. The van der Waals surface area contributed by atoms with E-state index >= 15 is 0 Å². The number of nitrogens with zero attached hydrogens (tertiary/aromatic N) is 3. The Morgan fingerprint density at radius 3 is 2.48 bits per heavy atom. The number of aliphatic imine (C=N–C) groups is 1. The molecule has 0 aromatic heterocycles. The van der Waals surface area contributed by atoms with E-state index in [1.165, 1.54) is 0 Å². The lowest BCUT2D eigenvalue weighted by atomic mass is 9.98. The number of thioether (sulfide) groups is 1. The molecule has 0 saturated carbocycles. The summed E-state index contributed by atoms with van der Waals surface area (Å²) < 4.78 is 5.32. The predicted octanol–water partition coefficient (Wildman–Crippen LogP) is 6.81. The fourth-order valence-corrected chi connectivity index (χ4v) is 4.82. The molecule has 1 atom stereocenters. The summed E-state index contributed by atoms with van der Waals surface area (Å²) in [7, 11) is 1.65. The molecule has 5 nitrogen and oxygen atoms in total. The molecule has 0 N–H and O–H groups in total. The molecule has 7 heteroatoms. The molecular formula is C26H20ClN3O2S. The Morgan fingerprint density at radius 2 is 1.76 bits per heavy atom. The van der Waals surface area contributed by atoms with Gasteiger partial charge in [0.1, 0.15) is 5.75 Å². The third-order valence-electron chi connectivity index (χ3n) is 5.54. The van der Waals surface area contributed by atoms with E-state index in [2.05, 4.69) is 4.99 Å². The van der Waals surface area contributed by atoms with Crippen LogP contribution in [0.25, 0.3) is 6.08 Å². The van der Waals surface area contributed by atoms with Crippen LogP contribution in [-0.2, 0) is 0 Å². The number of carbonyl (C=O) groups excluding carboxylic acids is 1. The first-order chi connectivity index (χ1) is 16.1. The summed E-state index contributed by atoms with van der Waals surface area (Å²) in [5.41, 5.74) is 3.89. The molecular weight excluding hydrogens is 454 g/mol.